The molecule has 9 heteroatoms. The summed E-state index contributed by atoms with van der Waals surface area (Å²) in [5.41, 5.74) is 3.49. The number of piperidine rings is 1. The van der Waals surface area contributed by atoms with Crippen LogP contribution in [0.1, 0.15) is 23.2 Å². The number of amides is 2. The maximum Gasteiger partial charge on any atom is 0.253 e. The Morgan fingerprint density at radius 1 is 1.09 bits per heavy atom. The second kappa shape index (κ2) is 9.86. The summed E-state index contributed by atoms with van der Waals surface area (Å²) in [5.74, 6) is 0.645. The van der Waals surface area contributed by atoms with Gasteiger partial charge >= 0.3 is 0 Å². The van der Waals surface area contributed by atoms with Crippen LogP contribution in [0.4, 0.5) is 11.5 Å². The number of hydrogen-bond donors (Lipinski definition) is 1. The highest BCUT2D eigenvalue weighted by atomic mass is 16.2. The van der Waals surface area contributed by atoms with Gasteiger partial charge in [-0.2, -0.15) is 5.10 Å². The molecule has 2 aromatic carbocycles. The van der Waals surface area contributed by atoms with Crippen LogP contribution in [0.2, 0.25) is 0 Å². The quantitative estimate of drug-likeness (QED) is 0.594. The molecule has 2 amide bonds. The third-order valence-electron chi connectivity index (χ3n) is 6.07. The Hall–Kier alpha value is -4.01. The summed E-state index contributed by atoms with van der Waals surface area (Å²) in [5, 5.41) is 7.39. The average Bonchev–Trinajstić information content (AvgIpc) is 2.87. The number of likely N-dealkylation sites (tertiary alicyclic amines) is 1. The van der Waals surface area contributed by atoms with Crippen LogP contribution in [-0.2, 0) is 4.79 Å². The smallest absolute Gasteiger partial charge is 0.253 e. The molecule has 0 atom stereocenters. The van der Waals surface area contributed by atoms with E-state index in [-0.39, 0.29) is 17.7 Å². The van der Waals surface area contributed by atoms with Crippen LogP contribution in [0.5, 0.6) is 0 Å². The zero-order chi connectivity index (χ0) is 24.2. The van der Waals surface area contributed by atoms with Crippen LogP contribution >= 0.6 is 0 Å². The van der Waals surface area contributed by atoms with E-state index in [0.29, 0.717) is 42.8 Å². The fourth-order valence-corrected chi connectivity index (χ4v) is 4.26. The van der Waals surface area contributed by atoms with Gasteiger partial charge in [0.2, 0.25) is 5.91 Å². The van der Waals surface area contributed by atoms with Crippen molar-refractivity contribution >= 4 is 41.1 Å². The zero-order valence-corrected chi connectivity index (χ0v) is 19.7. The molecule has 9 nitrogen and oxygen atoms in total. The van der Waals surface area contributed by atoms with E-state index in [9.17, 15) is 9.59 Å². The van der Waals surface area contributed by atoms with Gasteiger partial charge in [-0.3, -0.25) is 14.6 Å². The Morgan fingerprint density at radius 3 is 2.38 bits per heavy atom. The number of anilines is 2. The van der Waals surface area contributed by atoms with Crippen LogP contribution in [0.15, 0.2) is 58.6 Å². The third-order valence-corrected chi connectivity index (χ3v) is 6.07. The summed E-state index contributed by atoms with van der Waals surface area (Å²) in [6, 6.07) is 14.9. The number of nitrogens with zero attached hydrogens (tertiary/aromatic N) is 6. The summed E-state index contributed by atoms with van der Waals surface area (Å²) in [4.78, 5) is 37.6. The minimum Gasteiger partial charge on any atom is -0.349 e. The number of rotatable bonds is 5. The number of aromatic nitrogens is 2. The standard InChI is InChI=1S/C25H29N7O2/c1-26-23-22(29-20-7-5-6-8-21(20)32(23)27-2)28-19-11-9-17(10-12-19)25(34)31-15-13-18(14-16-31)24(33)30(3)4/h5-12,18H,2,13-16H2,1,3-4H3,(H,28,29). The molecule has 1 fully saturated rings. The largest absolute Gasteiger partial charge is 0.349 e. The van der Waals surface area contributed by atoms with Gasteiger partial charge < -0.3 is 15.1 Å². The molecule has 0 saturated carbocycles. The van der Waals surface area contributed by atoms with Crippen molar-refractivity contribution in [3.63, 3.8) is 0 Å². The van der Waals surface area contributed by atoms with E-state index in [0.717, 1.165) is 16.7 Å². The molecule has 4 rings (SSSR count). The second-order valence-electron chi connectivity index (χ2n) is 8.45. The summed E-state index contributed by atoms with van der Waals surface area (Å²) in [6.45, 7) is 4.84. The Bertz CT molecular complexity index is 1290. The minimum atomic E-state index is -0.0240. The lowest BCUT2D eigenvalue weighted by Gasteiger charge is -2.32. The van der Waals surface area contributed by atoms with Crippen molar-refractivity contribution in [2.24, 2.45) is 16.0 Å². The SMILES string of the molecule is C=Nn1c(=NC)c(Nc2ccc(C(=O)N3CCC(C(=O)N(C)C)CC3)cc2)nc2ccccc21. The van der Waals surface area contributed by atoms with Crippen LogP contribution in [0.3, 0.4) is 0 Å². The lowest BCUT2D eigenvalue weighted by molar-refractivity contribution is -0.134. The first-order valence-corrected chi connectivity index (χ1v) is 11.2. The zero-order valence-electron chi connectivity index (χ0n) is 19.7. The van der Waals surface area contributed by atoms with Gasteiger partial charge in [-0.05, 0) is 49.2 Å². The van der Waals surface area contributed by atoms with E-state index >= 15 is 0 Å². The number of fused-ring (bicyclic) bond motifs is 1. The molecule has 0 bridgehead atoms. The molecule has 34 heavy (non-hydrogen) atoms. The highest BCUT2D eigenvalue weighted by molar-refractivity contribution is 5.95. The Labute approximate surface area is 198 Å². The van der Waals surface area contributed by atoms with E-state index in [1.54, 1.807) is 42.9 Å². The number of nitrogens with one attached hydrogen (secondary N) is 1. The molecule has 1 aromatic heterocycles. The topological polar surface area (TPSA) is 95.2 Å². The molecule has 1 saturated heterocycles. The predicted molar refractivity (Wildman–Crippen MR) is 133 cm³/mol. The molecule has 0 aliphatic carbocycles. The van der Waals surface area contributed by atoms with Gasteiger partial charge in [0.05, 0.1) is 11.0 Å². The number of hydrogen-bond acceptors (Lipinski definition) is 6. The maximum atomic E-state index is 13.0. The van der Waals surface area contributed by atoms with E-state index in [1.807, 2.05) is 41.3 Å². The maximum absolute atomic E-state index is 13.0. The monoisotopic (exact) mass is 459 g/mol. The average molecular weight is 460 g/mol. The third kappa shape index (κ3) is 4.54. The van der Waals surface area contributed by atoms with Crippen molar-refractivity contribution in [2.45, 2.75) is 12.8 Å². The molecule has 1 N–H and O–H groups in total. The number of benzene rings is 2. The summed E-state index contributed by atoms with van der Waals surface area (Å²) in [6.07, 6.45) is 1.38. The molecule has 2 heterocycles. The molecule has 176 valence electrons. The first kappa shape index (κ1) is 23.2. The van der Waals surface area contributed by atoms with Gasteiger partial charge in [-0.15, -0.1) is 0 Å². The van der Waals surface area contributed by atoms with Gasteiger partial charge in [-0.25, -0.2) is 9.66 Å². The van der Waals surface area contributed by atoms with Gasteiger partial charge in [-0.1, -0.05) is 12.1 Å². The van der Waals surface area contributed by atoms with E-state index < -0.39 is 0 Å². The van der Waals surface area contributed by atoms with Crippen molar-refractivity contribution in [1.82, 2.24) is 19.5 Å². The summed E-state index contributed by atoms with van der Waals surface area (Å²) in [7, 11) is 5.22. The van der Waals surface area contributed by atoms with Crippen LogP contribution < -0.4 is 10.8 Å². The van der Waals surface area contributed by atoms with Gasteiger partial charge in [0.25, 0.3) is 5.91 Å². The normalized spacial score (nSPS) is 14.8. The van der Waals surface area contributed by atoms with E-state index in [1.165, 1.54) is 0 Å². The van der Waals surface area contributed by atoms with Crippen LogP contribution in [0, 0.1) is 5.92 Å². The summed E-state index contributed by atoms with van der Waals surface area (Å²) < 4.78 is 1.65. The second-order valence-corrected chi connectivity index (χ2v) is 8.45. The molecule has 0 spiro atoms. The van der Waals surface area contributed by atoms with Gasteiger partial charge in [0, 0.05) is 58.1 Å². The van der Waals surface area contributed by atoms with Crippen molar-refractivity contribution in [1.29, 1.82) is 0 Å². The number of para-hydroxylation sites is 2. The molecule has 1 aliphatic rings. The number of carbonyl (C=O) groups excluding carboxylic acids is 2. The fraction of sp³-hybridized carbons (Fsp3) is 0.320. The van der Waals surface area contributed by atoms with E-state index in [4.69, 9.17) is 4.98 Å². The van der Waals surface area contributed by atoms with Crippen LogP contribution in [-0.4, -0.2) is 72.2 Å². The van der Waals surface area contributed by atoms with Crippen molar-refractivity contribution in [3.8, 4) is 0 Å². The highest BCUT2D eigenvalue weighted by Crippen LogP contribution is 2.22. The van der Waals surface area contributed by atoms with Crippen molar-refractivity contribution in [2.75, 3.05) is 39.5 Å². The highest BCUT2D eigenvalue weighted by Gasteiger charge is 2.28. The molecular formula is C25H29N7O2. The predicted octanol–water partition coefficient (Wildman–Crippen LogP) is 2.71. The summed E-state index contributed by atoms with van der Waals surface area (Å²) >= 11 is 0. The Kier molecular flexibility index (Phi) is 6.72. The Balaban J connectivity index is 1.50. The molecule has 0 radical (unpaired) electrons. The minimum absolute atomic E-state index is 0.00827. The fourth-order valence-electron chi connectivity index (χ4n) is 4.26. The molecular weight excluding hydrogens is 430 g/mol. The van der Waals surface area contributed by atoms with Crippen LogP contribution in [0.25, 0.3) is 11.0 Å². The van der Waals surface area contributed by atoms with Gasteiger partial charge in [0.1, 0.15) is 0 Å². The first-order chi connectivity index (χ1) is 16.4. The molecule has 1 aliphatic heterocycles. The Morgan fingerprint density at radius 2 is 1.76 bits per heavy atom. The lowest BCUT2D eigenvalue weighted by Crippen LogP contribution is -2.42. The molecule has 0 unspecified atom stereocenters. The number of carbonyl (C=O) groups is 2. The van der Waals surface area contributed by atoms with Crippen molar-refractivity contribution < 1.29 is 9.59 Å². The lowest BCUT2D eigenvalue weighted by atomic mass is 9.95. The van der Waals surface area contributed by atoms with Crippen molar-refractivity contribution in [3.05, 3.63) is 59.6 Å². The first-order valence-electron chi connectivity index (χ1n) is 11.2. The van der Waals surface area contributed by atoms with Gasteiger partial charge in [0.15, 0.2) is 11.3 Å². The van der Waals surface area contributed by atoms with E-state index in [2.05, 4.69) is 22.1 Å². The molecule has 3 aromatic rings.